The minimum absolute atomic E-state index is 0.195. The molecule has 0 aliphatic carbocycles. The highest BCUT2D eigenvalue weighted by Gasteiger charge is 2.28. The maximum absolute atomic E-state index is 13.9. The number of rotatable bonds is 14. The Hall–Kier alpha value is -4.40. The number of aryl methyl sites for hydroxylation is 2. The lowest BCUT2D eigenvalue weighted by molar-refractivity contribution is 0.588. The van der Waals surface area contributed by atoms with Gasteiger partial charge < -0.3 is 0 Å². The molecule has 4 aromatic carbocycles. The Labute approximate surface area is 275 Å². The molecule has 0 heterocycles. The molecule has 0 aliphatic heterocycles. The van der Waals surface area contributed by atoms with E-state index in [1.54, 1.807) is 60.7 Å². The first-order valence-electron chi connectivity index (χ1n) is 15.2. The molecule has 240 valence electrons. The van der Waals surface area contributed by atoms with Gasteiger partial charge in [0.05, 0.1) is 21.2 Å². The van der Waals surface area contributed by atoms with Crippen molar-refractivity contribution in [1.82, 2.24) is 0 Å². The number of allylic oxidation sites excluding steroid dienone is 2. The van der Waals surface area contributed by atoms with Crippen molar-refractivity contribution in [2.75, 3.05) is 21.7 Å². The lowest BCUT2D eigenvalue weighted by Gasteiger charge is -2.27. The zero-order valence-electron chi connectivity index (χ0n) is 27.0. The van der Waals surface area contributed by atoms with E-state index in [0.29, 0.717) is 24.2 Å². The Balaban J connectivity index is 1.59. The van der Waals surface area contributed by atoms with Crippen molar-refractivity contribution in [3.05, 3.63) is 145 Å². The first-order valence-corrected chi connectivity index (χ1v) is 18.1. The average molecular weight is 655 g/mol. The van der Waals surface area contributed by atoms with Crippen LogP contribution in [0, 0.1) is 13.8 Å². The number of benzene rings is 4. The van der Waals surface area contributed by atoms with E-state index in [-0.39, 0.29) is 22.9 Å². The summed E-state index contributed by atoms with van der Waals surface area (Å²) < 4.78 is 58.6. The second-order valence-electron chi connectivity index (χ2n) is 11.4. The first kappa shape index (κ1) is 34.5. The van der Waals surface area contributed by atoms with Crippen LogP contribution in [-0.4, -0.2) is 29.9 Å². The van der Waals surface area contributed by atoms with Crippen molar-refractivity contribution in [3.8, 4) is 0 Å². The molecule has 0 aromatic heterocycles. The van der Waals surface area contributed by atoms with Gasteiger partial charge in [-0.3, -0.25) is 8.61 Å². The van der Waals surface area contributed by atoms with E-state index in [4.69, 9.17) is 0 Å². The minimum Gasteiger partial charge on any atom is -0.265 e. The summed E-state index contributed by atoms with van der Waals surface area (Å²) in [6.45, 7) is 16.1. The second-order valence-corrected chi connectivity index (χ2v) is 15.1. The summed E-state index contributed by atoms with van der Waals surface area (Å²) in [7, 11) is -7.75. The number of sulfonamides is 2. The standard InChI is InChI=1S/C38H42N2O4S2/c1-29(2)35-15-9-11-17-37(35)39(45(41,42)33-23-19-31(5)20-24-33)27-13-7-8-14-28-40(38-18-12-10-16-36(38)30(3)4)46(43,44)34-25-21-32(6)22-26-34/h7-12,15-26H,1,3,13-14,27-28H2,2,4-6H3/b8-7+. The molecule has 0 N–H and O–H groups in total. The molecule has 0 unspecified atom stereocenters. The van der Waals surface area contributed by atoms with Gasteiger partial charge in [-0.25, -0.2) is 16.8 Å². The Kier molecular flexibility index (Phi) is 11.1. The van der Waals surface area contributed by atoms with Gasteiger partial charge in [-0.2, -0.15) is 0 Å². The summed E-state index contributed by atoms with van der Waals surface area (Å²) in [4.78, 5) is 0.429. The molecule has 0 amide bonds. The van der Waals surface area contributed by atoms with E-state index < -0.39 is 20.0 Å². The summed E-state index contributed by atoms with van der Waals surface area (Å²) in [5.74, 6) is 0. The molecule has 8 heteroatoms. The molecule has 0 saturated carbocycles. The van der Waals surface area contributed by atoms with Crippen LogP contribution in [0.2, 0.25) is 0 Å². The third-order valence-electron chi connectivity index (χ3n) is 7.65. The van der Waals surface area contributed by atoms with Crippen LogP contribution in [0.25, 0.3) is 11.1 Å². The summed E-state index contributed by atoms with van der Waals surface area (Å²) in [6, 6.07) is 28.4. The van der Waals surface area contributed by atoms with Crippen LogP contribution in [0.5, 0.6) is 0 Å². The molecule has 0 spiro atoms. The molecular weight excluding hydrogens is 613 g/mol. The van der Waals surface area contributed by atoms with E-state index >= 15 is 0 Å². The van der Waals surface area contributed by atoms with Crippen LogP contribution in [0.4, 0.5) is 11.4 Å². The Bertz CT molecular complexity index is 1800. The van der Waals surface area contributed by atoms with Crippen molar-refractivity contribution in [3.63, 3.8) is 0 Å². The molecule has 0 saturated heterocycles. The zero-order chi connectivity index (χ0) is 33.5. The molecule has 0 atom stereocenters. The molecule has 4 aromatic rings. The van der Waals surface area contributed by atoms with E-state index in [1.807, 2.05) is 76.2 Å². The van der Waals surface area contributed by atoms with Gasteiger partial charge in [0.1, 0.15) is 0 Å². The van der Waals surface area contributed by atoms with Crippen molar-refractivity contribution in [2.24, 2.45) is 0 Å². The van der Waals surface area contributed by atoms with Crippen molar-refractivity contribution >= 4 is 42.6 Å². The largest absolute Gasteiger partial charge is 0.265 e. The predicted octanol–water partition coefficient (Wildman–Crippen LogP) is 8.80. The fourth-order valence-electron chi connectivity index (χ4n) is 5.14. The summed E-state index contributed by atoms with van der Waals surface area (Å²) in [6.07, 6.45) is 4.65. The maximum atomic E-state index is 13.9. The van der Waals surface area contributed by atoms with E-state index in [9.17, 15) is 16.8 Å². The van der Waals surface area contributed by atoms with Crippen LogP contribution in [0.1, 0.15) is 48.9 Å². The monoisotopic (exact) mass is 654 g/mol. The lowest BCUT2D eigenvalue weighted by atomic mass is 10.1. The van der Waals surface area contributed by atoms with Gasteiger partial charge in [-0.1, -0.05) is 97.1 Å². The Morgan fingerprint density at radius 2 is 0.891 bits per heavy atom. The van der Waals surface area contributed by atoms with Gasteiger partial charge in [-0.05, 0) is 88.1 Å². The lowest BCUT2D eigenvalue weighted by Crippen LogP contribution is -2.33. The molecule has 4 rings (SSSR count). The normalized spacial score (nSPS) is 11.8. The smallest absolute Gasteiger partial charge is 0.264 e. The summed E-state index contributed by atoms with van der Waals surface area (Å²) in [5.41, 5.74) is 6.12. The number of nitrogens with zero attached hydrogens (tertiary/aromatic N) is 2. The first-order chi connectivity index (χ1) is 21.8. The highest BCUT2D eigenvalue weighted by molar-refractivity contribution is 7.93. The Morgan fingerprint density at radius 1 is 0.565 bits per heavy atom. The molecule has 46 heavy (non-hydrogen) atoms. The van der Waals surface area contributed by atoms with E-state index in [1.165, 1.54) is 8.61 Å². The zero-order valence-corrected chi connectivity index (χ0v) is 28.6. The summed E-state index contributed by atoms with van der Waals surface area (Å²) >= 11 is 0. The molecule has 6 nitrogen and oxygen atoms in total. The van der Waals surface area contributed by atoms with Gasteiger partial charge in [0.25, 0.3) is 20.0 Å². The van der Waals surface area contributed by atoms with Gasteiger partial charge in [0.15, 0.2) is 0 Å². The molecule has 0 radical (unpaired) electrons. The SMILES string of the molecule is C=C(C)c1ccccc1N(CC/C=C/CCN(c1ccccc1C(=C)C)S(=O)(=O)c1ccc(C)cc1)S(=O)(=O)c1ccc(C)cc1. The van der Waals surface area contributed by atoms with Crippen LogP contribution >= 0.6 is 0 Å². The number of anilines is 2. The quantitative estimate of drug-likeness (QED) is 0.127. The topological polar surface area (TPSA) is 74.8 Å². The molecule has 0 aliphatic rings. The van der Waals surface area contributed by atoms with Crippen LogP contribution in [0.3, 0.4) is 0 Å². The third kappa shape index (κ3) is 7.87. The number of hydrogen-bond donors (Lipinski definition) is 0. The van der Waals surface area contributed by atoms with Gasteiger partial charge >= 0.3 is 0 Å². The Morgan fingerprint density at radius 3 is 1.22 bits per heavy atom. The van der Waals surface area contributed by atoms with Crippen molar-refractivity contribution in [1.29, 1.82) is 0 Å². The fraction of sp³-hybridized carbons (Fsp3) is 0.211. The molecule has 0 fully saturated rings. The predicted molar refractivity (Wildman–Crippen MR) is 192 cm³/mol. The molecular formula is C38H42N2O4S2. The summed E-state index contributed by atoms with van der Waals surface area (Å²) in [5, 5.41) is 0. The highest BCUT2D eigenvalue weighted by atomic mass is 32.2. The average Bonchev–Trinajstić information content (AvgIpc) is 3.02. The van der Waals surface area contributed by atoms with Crippen LogP contribution < -0.4 is 8.61 Å². The second kappa shape index (κ2) is 14.8. The van der Waals surface area contributed by atoms with Crippen molar-refractivity contribution < 1.29 is 16.8 Å². The van der Waals surface area contributed by atoms with Gasteiger partial charge in [0, 0.05) is 24.2 Å². The van der Waals surface area contributed by atoms with E-state index in [0.717, 1.165) is 33.4 Å². The van der Waals surface area contributed by atoms with Gasteiger partial charge in [0.2, 0.25) is 0 Å². The fourth-order valence-corrected chi connectivity index (χ4v) is 8.14. The number of hydrogen-bond acceptors (Lipinski definition) is 4. The third-order valence-corrected chi connectivity index (χ3v) is 11.3. The van der Waals surface area contributed by atoms with Crippen molar-refractivity contribution in [2.45, 2.75) is 50.3 Å². The number of para-hydroxylation sites is 2. The minimum atomic E-state index is -3.87. The highest BCUT2D eigenvalue weighted by Crippen LogP contribution is 2.32. The van der Waals surface area contributed by atoms with Crippen LogP contribution in [0.15, 0.2) is 132 Å². The van der Waals surface area contributed by atoms with Gasteiger partial charge in [-0.15, -0.1) is 0 Å². The van der Waals surface area contributed by atoms with E-state index in [2.05, 4.69) is 13.2 Å². The molecule has 0 bridgehead atoms. The van der Waals surface area contributed by atoms with Crippen LogP contribution in [-0.2, 0) is 20.0 Å². The maximum Gasteiger partial charge on any atom is 0.264 e.